The highest BCUT2D eigenvalue weighted by Gasteiger charge is 1.95. The molecule has 2 nitrogen and oxygen atoms in total. The van der Waals surface area contributed by atoms with E-state index in [4.69, 9.17) is 6.42 Å². The maximum absolute atomic E-state index is 11.8. The lowest BCUT2D eigenvalue weighted by Gasteiger charge is -1.89. The fourth-order valence-corrected chi connectivity index (χ4v) is 0.551. The third-order valence-electron chi connectivity index (χ3n) is 0.976. The standard InChI is InChI=1S/C6H5FN2/c1-2-9-4-3-8-6(9)5-7/h1,3-4H,5H2. The normalized spacial score (nSPS) is 8.89. The Balaban J connectivity index is 3.02. The zero-order valence-electron chi connectivity index (χ0n) is 4.71. The second-order valence-electron chi connectivity index (χ2n) is 1.48. The summed E-state index contributed by atoms with van der Waals surface area (Å²) in [5.74, 6) is 0.275. The molecule has 1 heterocycles. The van der Waals surface area contributed by atoms with Crippen LogP contribution in [-0.2, 0) is 6.67 Å². The SMILES string of the molecule is C#Cn1ccnc1CF. The lowest BCUT2D eigenvalue weighted by molar-refractivity contribution is 0.462. The van der Waals surface area contributed by atoms with E-state index in [2.05, 4.69) is 11.0 Å². The number of halogens is 1. The first-order valence-corrected chi connectivity index (χ1v) is 2.43. The van der Waals surface area contributed by atoms with E-state index in [0.717, 1.165) is 0 Å². The van der Waals surface area contributed by atoms with Gasteiger partial charge in [0.1, 0.15) is 6.67 Å². The Labute approximate surface area is 52.3 Å². The van der Waals surface area contributed by atoms with Gasteiger partial charge in [0.2, 0.25) is 0 Å². The van der Waals surface area contributed by atoms with Crippen LogP contribution in [0.5, 0.6) is 0 Å². The molecule has 0 aliphatic carbocycles. The molecule has 0 amide bonds. The number of nitrogens with zero attached hydrogens (tertiary/aromatic N) is 2. The number of aromatic nitrogens is 2. The predicted octanol–water partition coefficient (Wildman–Crippen LogP) is 0.791. The summed E-state index contributed by atoms with van der Waals surface area (Å²) in [5.41, 5.74) is 0. The van der Waals surface area contributed by atoms with Crippen LogP contribution in [0, 0.1) is 12.5 Å². The van der Waals surface area contributed by atoms with Crippen LogP contribution in [0.2, 0.25) is 0 Å². The van der Waals surface area contributed by atoms with Crippen LogP contribution in [0.3, 0.4) is 0 Å². The van der Waals surface area contributed by atoms with Crippen molar-refractivity contribution in [3.63, 3.8) is 0 Å². The van der Waals surface area contributed by atoms with E-state index in [0.29, 0.717) is 0 Å². The summed E-state index contributed by atoms with van der Waals surface area (Å²) in [5, 5.41) is 0. The molecule has 1 aromatic heterocycles. The maximum atomic E-state index is 11.8. The Bertz CT molecular complexity index is 233. The van der Waals surface area contributed by atoms with Crippen molar-refractivity contribution in [1.29, 1.82) is 0 Å². The highest BCUT2D eigenvalue weighted by molar-refractivity contribution is 5.02. The van der Waals surface area contributed by atoms with Gasteiger partial charge in [0.25, 0.3) is 0 Å². The summed E-state index contributed by atoms with van der Waals surface area (Å²) < 4.78 is 13.1. The minimum atomic E-state index is -0.614. The first kappa shape index (κ1) is 5.83. The lowest BCUT2D eigenvalue weighted by Crippen LogP contribution is -1.92. The van der Waals surface area contributed by atoms with Crippen molar-refractivity contribution in [2.75, 3.05) is 0 Å². The van der Waals surface area contributed by atoms with Crippen LogP contribution in [-0.4, -0.2) is 9.55 Å². The van der Waals surface area contributed by atoms with E-state index in [1.165, 1.54) is 17.0 Å². The van der Waals surface area contributed by atoms with Gasteiger partial charge in [0, 0.05) is 18.4 Å². The summed E-state index contributed by atoms with van der Waals surface area (Å²) in [4.78, 5) is 3.65. The second-order valence-corrected chi connectivity index (χ2v) is 1.48. The minimum absolute atomic E-state index is 0.275. The van der Waals surface area contributed by atoms with E-state index in [1.54, 1.807) is 0 Å². The van der Waals surface area contributed by atoms with Crippen LogP contribution in [0.15, 0.2) is 12.4 Å². The van der Waals surface area contributed by atoms with Crippen molar-refractivity contribution in [2.45, 2.75) is 6.67 Å². The van der Waals surface area contributed by atoms with Crippen molar-refractivity contribution in [3.8, 4) is 12.5 Å². The number of alkyl halides is 1. The van der Waals surface area contributed by atoms with Crippen LogP contribution in [0.1, 0.15) is 5.82 Å². The molecule has 0 bridgehead atoms. The van der Waals surface area contributed by atoms with Gasteiger partial charge >= 0.3 is 0 Å². The molecule has 0 N–H and O–H groups in total. The molecular weight excluding hydrogens is 119 g/mol. The van der Waals surface area contributed by atoms with Crippen LogP contribution in [0.4, 0.5) is 4.39 Å². The number of imidazole rings is 1. The largest absolute Gasteiger partial charge is 0.260 e. The first-order valence-electron chi connectivity index (χ1n) is 2.43. The van der Waals surface area contributed by atoms with Gasteiger partial charge in [-0.1, -0.05) is 6.42 Å². The van der Waals surface area contributed by atoms with Gasteiger partial charge in [-0.15, -0.1) is 0 Å². The molecule has 1 rings (SSSR count). The fourth-order valence-electron chi connectivity index (χ4n) is 0.551. The highest BCUT2D eigenvalue weighted by Crippen LogP contribution is 1.95. The predicted molar refractivity (Wildman–Crippen MR) is 31.3 cm³/mol. The molecule has 0 radical (unpaired) electrons. The molecule has 3 heteroatoms. The van der Waals surface area contributed by atoms with Crippen LogP contribution < -0.4 is 0 Å². The molecule has 9 heavy (non-hydrogen) atoms. The third kappa shape index (κ3) is 0.918. The first-order chi connectivity index (χ1) is 4.38. The Morgan fingerprint density at radius 3 is 3.11 bits per heavy atom. The maximum Gasteiger partial charge on any atom is 0.151 e. The van der Waals surface area contributed by atoms with Crippen molar-refractivity contribution in [3.05, 3.63) is 18.2 Å². The zero-order chi connectivity index (χ0) is 6.69. The van der Waals surface area contributed by atoms with Gasteiger partial charge in [-0.25, -0.2) is 9.37 Å². The number of terminal acetylenes is 1. The molecule has 0 aliphatic rings. The number of hydrogen-bond acceptors (Lipinski definition) is 1. The number of rotatable bonds is 1. The average Bonchev–Trinajstić information content (AvgIpc) is 2.33. The van der Waals surface area contributed by atoms with Crippen molar-refractivity contribution in [1.82, 2.24) is 9.55 Å². The smallest absolute Gasteiger partial charge is 0.151 e. The van der Waals surface area contributed by atoms with Crippen LogP contribution in [0.25, 0.3) is 0 Å². The van der Waals surface area contributed by atoms with E-state index in [-0.39, 0.29) is 5.82 Å². The van der Waals surface area contributed by atoms with Crippen molar-refractivity contribution >= 4 is 0 Å². The van der Waals surface area contributed by atoms with E-state index in [9.17, 15) is 4.39 Å². The van der Waals surface area contributed by atoms with Gasteiger partial charge in [-0.05, 0) is 0 Å². The molecule has 0 saturated heterocycles. The summed E-state index contributed by atoms with van der Waals surface area (Å²) >= 11 is 0. The molecule has 0 aliphatic heterocycles. The minimum Gasteiger partial charge on any atom is -0.260 e. The van der Waals surface area contributed by atoms with Gasteiger partial charge in [0.05, 0.1) is 0 Å². The molecule has 0 unspecified atom stereocenters. The Morgan fingerprint density at radius 1 is 1.89 bits per heavy atom. The second kappa shape index (κ2) is 2.31. The van der Waals surface area contributed by atoms with E-state index >= 15 is 0 Å². The van der Waals surface area contributed by atoms with Gasteiger partial charge in [-0.2, -0.15) is 0 Å². The molecule has 0 fully saturated rings. The Morgan fingerprint density at radius 2 is 2.67 bits per heavy atom. The molecule has 0 spiro atoms. The van der Waals surface area contributed by atoms with Gasteiger partial charge in [0.15, 0.2) is 5.82 Å². The molecule has 46 valence electrons. The Kier molecular flexibility index (Phi) is 1.50. The van der Waals surface area contributed by atoms with E-state index in [1.807, 2.05) is 0 Å². The molecule has 0 saturated carbocycles. The lowest BCUT2D eigenvalue weighted by atomic mass is 10.7. The van der Waals surface area contributed by atoms with Crippen LogP contribution >= 0.6 is 0 Å². The summed E-state index contributed by atoms with van der Waals surface area (Å²) in [6.45, 7) is -0.614. The van der Waals surface area contributed by atoms with Crippen molar-refractivity contribution < 1.29 is 4.39 Å². The quantitative estimate of drug-likeness (QED) is 0.506. The summed E-state index contributed by atoms with van der Waals surface area (Å²) in [6.07, 6.45) is 7.98. The van der Waals surface area contributed by atoms with Gasteiger partial charge in [-0.3, -0.25) is 4.57 Å². The molecular formula is C6H5FN2. The molecule has 0 aromatic carbocycles. The monoisotopic (exact) mass is 124 g/mol. The average molecular weight is 124 g/mol. The summed E-state index contributed by atoms with van der Waals surface area (Å²) in [7, 11) is 0. The number of hydrogen-bond donors (Lipinski definition) is 0. The highest BCUT2D eigenvalue weighted by atomic mass is 19.1. The summed E-state index contributed by atoms with van der Waals surface area (Å²) in [6, 6.07) is 2.24. The van der Waals surface area contributed by atoms with Gasteiger partial charge < -0.3 is 0 Å². The van der Waals surface area contributed by atoms with Crippen molar-refractivity contribution in [2.24, 2.45) is 0 Å². The third-order valence-corrected chi connectivity index (χ3v) is 0.976. The molecule has 1 aromatic rings. The molecule has 0 atom stereocenters. The Hall–Kier alpha value is -1.30. The topological polar surface area (TPSA) is 17.8 Å². The van der Waals surface area contributed by atoms with E-state index < -0.39 is 6.67 Å². The zero-order valence-corrected chi connectivity index (χ0v) is 4.71. The fraction of sp³-hybridized carbons (Fsp3) is 0.167.